The van der Waals surface area contributed by atoms with Crippen molar-refractivity contribution >= 4 is 11.6 Å². The molecule has 7 heteroatoms. The van der Waals surface area contributed by atoms with Gasteiger partial charge in [0.25, 0.3) is 0 Å². The van der Waals surface area contributed by atoms with Gasteiger partial charge in [-0.2, -0.15) is 5.26 Å². The number of nitriles is 1. The van der Waals surface area contributed by atoms with Gasteiger partial charge in [-0.25, -0.2) is 4.98 Å². The number of β-amino-alcohol motifs (C(OH)–C–C–N with tert-alkyl or cyclic N) is 1. The molecule has 1 aromatic rings. The number of aliphatic hydroxyl groups excluding tert-OH is 1. The minimum atomic E-state index is -0.479. The SMILES string of the molecule is COc1nccc(N2CCC3(CC2)CC(O)CN(C)C3=O)c1C#N. The van der Waals surface area contributed by atoms with Crippen molar-refractivity contribution in [3.8, 4) is 11.9 Å². The van der Waals surface area contributed by atoms with Crippen LogP contribution >= 0.6 is 0 Å². The van der Waals surface area contributed by atoms with E-state index in [2.05, 4.69) is 16.0 Å². The van der Waals surface area contributed by atoms with Gasteiger partial charge >= 0.3 is 0 Å². The van der Waals surface area contributed by atoms with E-state index >= 15 is 0 Å². The van der Waals surface area contributed by atoms with Crippen molar-refractivity contribution in [1.82, 2.24) is 9.88 Å². The number of rotatable bonds is 2. The van der Waals surface area contributed by atoms with Crippen molar-refractivity contribution in [3.05, 3.63) is 17.8 Å². The number of carbonyl (C=O) groups is 1. The summed E-state index contributed by atoms with van der Waals surface area (Å²) in [7, 11) is 3.25. The lowest BCUT2D eigenvalue weighted by atomic mass is 9.71. The molecule has 0 aromatic carbocycles. The maximum absolute atomic E-state index is 12.6. The molecule has 0 bridgehead atoms. The number of anilines is 1. The molecule has 2 saturated heterocycles. The van der Waals surface area contributed by atoms with E-state index < -0.39 is 11.5 Å². The van der Waals surface area contributed by atoms with E-state index in [9.17, 15) is 15.2 Å². The Morgan fingerprint density at radius 3 is 2.79 bits per heavy atom. The van der Waals surface area contributed by atoms with Crippen molar-refractivity contribution in [2.45, 2.75) is 25.4 Å². The third-order valence-corrected chi connectivity index (χ3v) is 5.17. The number of pyridine rings is 1. The van der Waals surface area contributed by atoms with Crippen LogP contribution in [0.3, 0.4) is 0 Å². The fourth-order valence-corrected chi connectivity index (χ4v) is 3.96. The number of nitrogens with zero attached hydrogens (tertiary/aromatic N) is 4. The molecule has 3 rings (SSSR count). The molecule has 2 aliphatic rings. The highest BCUT2D eigenvalue weighted by Gasteiger charge is 2.47. The molecule has 1 aromatic heterocycles. The summed E-state index contributed by atoms with van der Waals surface area (Å²) in [4.78, 5) is 20.4. The van der Waals surface area contributed by atoms with Crippen LogP contribution in [0.15, 0.2) is 12.3 Å². The molecule has 2 aliphatic heterocycles. The van der Waals surface area contributed by atoms with Crippen molar-refractivity contribution in [2.75, 3.05) is 38.7 Å². The van der Waals surface area contributed by atoms with Gasteiger partial charge in [0.1, 0.15) is 11.6 Å². The van der Waals surface area contributed by atoms with Gasteiger partial charge in [-0.3, -0.25) is 4.79 Å². The third-order valence-electron chi connectivity index (χ3n) is 5.17. The first-order chi connectivity index (χ1) is 11.5. The number of carbonyl (C=O) groups excluding carboxylic acids is 1. The number of hydrogen-bond acceptors (Lipinski definition) is 6. The summed E-state index contributed by atoms with van der Waals surface area (Å²) in [6.07, 6.45) is 3.03. The fraction of sp³-hybridized carbons (Fsp3) is 0.588. The zero-order valence-corrected chi connectivity index (χ0v) is 14.0. The molecule has 128 valence electrons. The van der Waals surface area contributed by atoms with Crippen LogP contribution in [0.1, 0.15) is 24.8 Å². The summed E-state index contributed by atoms with van der Waals surface area (Å²) in [6, 6.07) is 3.97. The van der Waals surface area contributed by atoms with Crippen LogP contribution < -0.4 is 9.64 Å². The Kier molecular flexibility index (Phi) is 4.33. The van der Waals surface area contributed by atoms with Crippen LogP contribution in [-0.4, -0.2) is 60.8 Å². The van der Waals surface area contributed by atoms with Crippen molar-refractivity contribution in [1.29, 1.82) is 5.26 Å². The van der Waals surface area contributed by atoms with Gasteiger partial charge in [0.15, 0.2) is 0 Å². The topological polar surface area (TPSA) is 89.7 Å². The van der Waals surface area contributed by atoms with Gasteiger partial charge in [0.2, 0.25) is 11.8 Å². The Bertz CT molecular complexity index is 677. The molecule has 0 radical (unpaired) electrons. The molecule has 0 aliphatic carbocycles. The fourth-order valence-electron chi connectivity index (χ4n) is 3.96. The highest BCUT2D eigenvalue weighted by molar-refractivity contribution is 5.84. The van der Waals surface area contributed by atoms with Crippen LogP contribution in [0, 0.1) is 16.7 Å². The van der Waals surface area contributed by atoms with Gasteiger partial charge in [-0.1, -0.05) is 0 Å². The number of ether oxygens (including phenoxy) is 1. The van der Waals surface area contributed by atoms with Crippen molar-refractivity contribution in [2.24, 2.45) is 5.41 Å². The van der Waals surface area contributed by atoms with Crippen LogP contribution in [0.5, 0.6) is 5.88 Å². The molecule has 2 fully saturated rings. The number of likely N-dealkylation sites (tertiary alicyclic amines) is 1. The van der Waals surface area contributed by atoms with Crippen LogP contribution in [0.4, 0.5) is 5.69 Å². The zero-order valence-electron chi connectivity index (χ0n) is 14.0. The Hall–Kier alpha value is -2.33. The Morgan fingerprint density at radius 2 is 2.17 bits per heavy atom. The van der Waals surface area contributed by atoms with Gasteiger partial charge in [0.05, 0.1) is 24.3 Å². The smallest absolute Gasteiger partial charge is 0.233 e. The van der Waals surface area contributed by atoms with E-state index in [4.69, 9.17) is 4.74 Å². The van der Waals surface area contributed by atoms with E-state index in [0.29, 0.717) is 50.3 Å². The summed E-state index contributed by atoms with van der Waals surface area (Å²) in [5, 5.41) is 19.5. The predicted octanol–water partition coefficient (Wildman–Crippen LogP) is 0.771. The molecular weight excluding hydrogens is 308 g/mol. The highest BCUT2D eigenvalue weighted by Crippen LogP contribution is 2.42. The van der Waals surface area contributed by atoms with E-state index in [-0.39, 0.29) is 5.91 Å². The predicted molar refractivity (Wildman–Crippen MR) is 87.6 cm³/mol. The number of amides is 1. The summed E-state index contributed by atoms with van der Waals surface area (Å²) < 4.78 is 5.17. The van der Waals surface area contributed by atoms with Crippen LogP contribution in [0.2, 0.25) is 0 Å². The second kappa shape index (κ2) is 6.29. The molecule has 1 spiro atoms. The van der Waals surface area contributed by atoms with E-state index in [1.165, 1.54) is 7.11 Å². The monoisotopic (exact) mass is 330 g/mol. The molecule has 1 atom stereocenters. The number of aromatic nitrogens is 1. The highest BCUT2D eigenvalue weighted by atomic mass is 16.5. The van der Waals surface area contributed by atoms with Gasteiger partial charge in [0, 0.05) is 32.9 Å². The summed E-state index contributed by atoms with van der Waals surface area (Å²) in [5.41, 5.74) is 0.728. The zero-order chi connectivity index (χ0) is 17.3. The van der Waals surface area contributed by atoms with Crippen LogP contribution in [0.25, 0.3) is 0 Å². The molecular formula is C17H22N4O3. The van der Waals surface area contributed by atoms with Crippen LogP contribution in [-0.2, 0) is 4.79 Å². The third kappa shape index (κ3) is 2.67. The lowest BCUT2D eigenvalue weighted by molar-refractivity contribution is -0.152. The second-order valence-corrected chi connectivity index (χ2v) is 6.64. The Morgan fingerprint density at radius 1 is 1.46 bits per heavy atom. The maximum atomic E-state index is 12.6. The molecule has 3 heterocycles. The maximum Gasteiger partial charge on any atom is 0.233 e. The van der Waals surface area contributed by atoms with E-state index in [1.54, 1.807) is 18.1 Å². The van der Waals surface area contributed by atoms with Gasteiger partial charge in [-0.05, 0) is 25.3 Å². The second-order valence-electron chi connectivity index (χ2n) is 6.64. The van der Waals surface area contributed by atoms with E-state index in [0.717, 1.165) is 5.69 Å². The summed E-state index contributed by atoms with van der Waals surface area (Å²) in [5.74, 6) is 0.444. The van der Waals surface area contributed by atoms with Crippen molar-refractivity contribution < 1.29 is 14.6 Å². The number of hydrogen-bond donors (Lipinski definition) is 1. The number of aliphatic hydroxyl groups is 1. The summed E-state index contributed by atoms with van der Waals surface area (Å²) >= 11 is 0. The van der Waals surface area contributed by atoms with Gasteiger partial charge < -0.3 is 19.6 Å². The molecule has 7 nitrogen and oxygen atoms in total. The summed E-state index contributed by atoms with van der Waals surface area (Å²) in [6.45, 7) is 1.73. The first kappa shape index (κ1) is 16.5. The van der Waals surface area contributed by atoms with Gasteiger partial charge in [-0.15, -0.1) is 0 Å². The van der Waals surface area contributed by atoms with Crippen molar-refractivity contribution in [3.63, 3.8) is 0 Å². The minimum absolute atomic E-state index is 0.125. The normalized spacial score (nSPS) is 23.2. The standard InChI is InChI=1S/C17H22N4O3/c1-20-11-12(22)9-17(16(20)23)4-7-21(8-5-17)14-3-6-19-15(24-2)13(14)10-18/h3,6,12,22H,4-5,7-9,11H2,1-2H3. The average Bonchev–Trinajstić information content (AvgIpc) is 2.59. The minimum Gasteiger partial charge on any atom is -0.480 e. The molecule has 1 N–H and O–H groups in total. The molecule has 1 unspecified atom stereocenters. The number of methoxy groups -OCH3 is 1. The Labute approximate surface area is 141 Å². The lowest BCUT2D eigenvalue weighted by Gasteiger charge is -2.47. The largest absolute Gasteiger partial charge is 0.480 e. The number of piperidine rings is 2. The first-order valence-corrected chi connectivity index (χ1v) is 8.12. The molecule has 1 amide bonds. The molecule has 0 saturated carbocycles. The first-order valence-electron chi connectivity index (χ1n) is 8.12. The van der Waals surface area contributed by atoms with E-state index in [1.807, 2.05) is 6.07 Å². The number of likely N-dealkylation sites (N-methyl/N-ethyl adjacent to an activating group) is 1. The average molecular weight is 330 g/mol. The molecule has 24 heavy (non-hydrogen) atoms. The lowest BCUT2D eigenvalue weighted by Crippen LogP contribution is -2.56. The Balaban J connectivity index is 1.81. The quantitative estimate of drug-likeness (QED) is 0.861.